The summed E-state index contributed by atoms with van der Waals surface area (Å²) in [4.78, 5) is 0. The number of aromatic nitrogens is 5. The standard InChI is InChI=1S/C17H14ClN5O2S/c1-11-19-20-15(25-11)10-26-17-22-21-16(12-4-6-13(18)7-5-12)23(17)9-14-3-2-8-24-14/h2-8H,9-10H2,1H3. The van der Waals surface area contributed by atoms with E-state index in [2.05, 4.69) is 20.4 Å². The Balaban J connectivity index is 1.65. The van der Waals surface area contributed by atoms with Crippen molar-refractivity contribution >= 4 is 23.4 Å². The SMILES string of the molecule is Cc1nnc(CSc2nnc(-c3ccc(Cl)cc3)n2Cc2ccco2)o1. The molecule has 132 valence electrons. The quantitative estimate of drug-likeness (QED) is 0.458. The maximum Gasteiger partial charge on any atom is 0.226 e. The molecule has 0 aliphatic carbocycles. The lowest BCUT2D eigenvalue weighted by Crippen LogP contribution is -2.03. The van der Waals surface area contributed by atoms with Gasteiger partial charge in [-0.2, -0.15) is 0 Å². The molecule has 0 atom stereocenters. The second-order valence-corrected chi connectivity index (χ2v) is 6.86. The second kappa shape index (κ2) is 7.35. The van der Waals surface area contributed by atoms with Gasteiger partial charge in [0.25, 0.3) is 0 Å². The van der Waals surface area contributed by atoms with Crippen molar-refractivity contribution in [3.63, 3.8) is 0 Å². The van der Waals surface area contributed by atoms with Gasteiger partial charge in [-0.3, -0.25) is 4.57 Å². The fraction of sp³-hybridized carbons (Fsp3) is 0.176. The Kier molecular flexibility index (Phi) is 4.77. The van der Waals surface area contributed by atoms with E-state index in [1.165, 1.54) is 11.8 Å². The topological polar surface area (TPSA) is 82.8 Å². The Morgan fingerprint density at radius 3 is 2.62 bits per heavy atom. The van der Waals surface area contributed by atoms with Crippen molar-refractivity contribution in [3.8, 4) is 11.4 Å². The molecule has 1 aromatic carbocycles. The van der Waals surface area contributed by atoms with Crippen molar-refractivity contribution in [3.05, 3.63) is 65.2 Å². The summed E-state index contributed by atoms with van der Waals surface area (Å²) in [6.45, 7) is 2.28. The minimum atomic E-state index is 0.512. The highest BCUT2D eigenvalue weighted by Crippen LogP contribution is 2.28. The first-order valence-corrected chi connectivity index (χ1v) is 9.19. The molecule has 0 unspecified atom stereocenters. The van der Waals surface area contributed by atoms with Gasteiger partial charge in [-0.1, -0.05) is 23.4 Å². The Labute approximate surface area is 158 Å². The summed E-state index contributed by atoms with van der Waals surface area (Å²) in [6, 6.07) is 11.3. The van der Waals surface area contributed by atoms with Crippen LogP contribution < -0.4 is 0 Å². The van der Waals surface area contributed by atoms with Crippen molar-refractivity contribution in [2.24, 2.45) is 0 Å². The summed E-state index contributed by atoms with van der Waals surface area (Å²) >= 11 is 7.47. The average Bonchev–Trinajstić information content (AvgIpc) is 3.37. The van der Waals surface area contributed by atoms with Crippen LogP contribution in [0.5, 0.6) is 0 Å². The van der Waals surface area contributed by atoms with Gasteiger partial charge >= 0.3 is 0 Å². The number of rotatable bonds is 6. The number of furan rings is 1. The lowest BCUT2D eigenvalue weighted by molar-refractivity contribution is 0.482. The molecule has 0 saturated heterocycles. The number of hydrogen-bond acceptors (Lipinski definition) is 7. The summed E-state index contributed by atoms with van der Waals surface area (Å²) in [6.07, 6.45) is 1.65. The fourth-order valence-corrected chi connectivity index (χ4v) is 3.33. The van der Waals surface area contributed by atoms with Crippen LogP contribution in [0.25, 0.3) is 11.4 Å². The molecule has 4 aromatic rings. The first-order valence-electron chi connectivity index (χ1n) is 7.82. The molecule has 0 bridgehead atoms. The van der Waals surface area contributed by atoms with E-state index in [-0.39, 0.29) is 0 Å². The van der Waals surface area contributed by atoms with E-state index < -0.39 is 0 Å². The number of nitrogens with zero attached hydrogens (tertiary/aromatic N) is 5. The highest BCUT2D eigenvalue weighted by Gasteiger charge is 2.17. The van der Waals surface area contributed by atoms with E-state index in [1.54, 1.807) is 13.2 Å². The minimum Gasteiger partial charge on any atom is -0.467 e. The van der Waals surface area contributed by atoms with E-state index in [9.17, 15) is 0 Å². The molecule has 3 heterocycles. The molecule has 7 nitrogen and oxygen atoms in total. The summed E-state index contributed by atoms with van der Waals surface area (Å²) in [5.74, 6) is 3.16. The van der Waals surface area contributed by atoms with Gasteiger partial charge < -0.3 is 8.83 Å². The Morgan fingerprint density at radius 1 is 1.08 bits per heavy atom. The lowest BCUT2D eigenvalue weighted by atomic mass is 10.2. The van der Waals surface area contributed by atoms with Gasteiger partial charge in [0.1, 0.15) is 5.76 Å². The van der Waals surface area contributed by atoms with Crippen molar-refractivity contribution in [2.75, 3.05) is 0 Å². The van der Waals surface area contributed by atoms with Crippen LogP contribution in [-0.4, -0.2) is 25.0 Å². The molecule has 26 heavy (non-hydrogen) atoms. The van der Waals surface area contributed by atoms with Crippen LogP contribution >= 0.6 is 23.4 Å². The van der Waals surface area contributed by atoms with Crippen LogP contribution in [0.1, 0.15) is 17.5 Å². The zero-order chi connectivity index (χ0) is 17.9. The van der Waals surface area contributed by atoms with Crippen molar-refractivity contribution < 1.29 is 8.83 Å². The van der Waals surface area contributed by atoms with Crippen molar-refractivity contribution in [2.45, 2.75) is 24.4 Å². The van der Waals surface area contributed by atoms with Crippen LogP contribution in [0, 0.1) is 6.92 Å². The van der Waals surface area contributed by atoms with E-state index in [4.69, 9.17) is 20.4 Å². The molecule has 3 aromatic heterocycles. The third kappa shape index (κ3) is 3.66. The van der Waals surface area contributed by atoms with Gasteiger partial charge in [0.05, 0.1) is 18.6 Å². The molecule has 0 radical (unpaired) electrons. The second-order valence-electron chi connectivity index (χ2n) is 5.48. The largest absolute Gasteiger partial charge is 0.467 e. The molecule has 0 amide bonds. The summed E-state index contributed by atoms with van der Waals surface area (Å²) in [7, 11) is 0. The smallest absolute Gasteiger partial charge is 0.226 e. The molecule has 0 saturated carbocycles. The van der Waals surface area contributed by atoms with Crippen molar-refractivity contribution in [1.82, 2.24) is 25.0 Å². The Bertz CT molecular complexity index is 995. The summed E-state index contributed by atoms with van der Waals surface area (Å²) in [5.41, 5.74) is 0.925. The molecule has 0 spiro atoms. The predicted molar refractivity (Wildman–Crippen MR) is 96.9 cm³/mol. The monoisotopic (exact) mass is 387 g/mol. The Morgan fingerprint density at radius 2 is 1.92 bits per heavy atom. The maximum absolute atomic E-state index is 5.99. The van der Waals surface area contributed by atoms with Gasteiger partial charge in [-0.25, -0.2) is 0 Å². The average molecular weight is 388 g/mol. The zero-order valence-electron chi connectivity index (χ0n) is 13.8. The first-order chi connectivity index (χ1) is 12.7. The number of benzene rings is 1. The van der Waals surface area contributed by atoms with Crippen LogP contribution in [0.2, 0.25) is 5.02 Å². The number of hydrogen-bond donors (Lipinski definition) is 0. The number of thioether (sulfide) groups is 1. The van der Waals surface area contributed by atoms with Gasteiger partial charge in [0, 0.05) is 17.5 Å². The number of halogens is 1. The highest BCUT2D eigenvalue weighted by atomic mass is 35.5. The van der Waals surface area contributed by atoms with E-state index in [0.29, 0.717) is 29.1 Å². The van der Waals surface area contributed by atoms with Crippen LogP contribution in [0.15, 0.2) is 56.7 Å². The molecule has 0 N–H and O–H groups in total. The lowest BCUT2D eigenvalue weighted by Gasteiger charge is -2.08. The van der Waals surface area contributed by atoms with E-state index in [1.807, 2.05) is 41.0 Å². The van der Waals surface area contributed by atoms with Gasteiger partial charge in [0.2, 0.25) is 11.8 Å². The van der Waals surface area contributed by atoms with Crippen LogP contribution in [-0.2, 0) is 12.3 Å². The first kappa shape index (κ1) is 16.9. The third-order valence-corrected chi connectivity index (χ3v) is 4.81. The predicted octanol–water partition coefficient (Wildman–Crippen LogP) is 4.22. The van der Waals surface area contributed by atoms with Gasteiger partial charge in [-0.15, -0.1) is 20.4 Å². The Hall–Kier alpha value is -2.58. The summed E-state index contributed by atoms with van der Waals surface area (Å²) in [5, 5.41) is 18.0. The minimum absolute atomic E-state index is 0.512. The number of aryl methyl sites for hydroxylation is 1. The normalized spacial score (nSPS) is 11.2. The molecule has 4 rings (SSSR count). The van der Waals surface area contributed by atoms with Gasteiger partial charge in [-0.05, 0) is 36.4 Å². The summed E-state index contributed by atoms with van der Waals surface area (Å²) < 4.78 is 12.9. The molecular formula is C17H14ClN5O2S. The van der Waals surface area contributed by atoms with Crippen LogP contribution in [0.3, 0.4) is 0 Å². The molecule has 0 aliphatic heterocycles. The van der Waals surface area contributed by atoms with E-state index in [0.717, 1.165) is 22.3 Å². The molecule has 0 fully saturated rings. The van der Waals surface area contributed by atoms with Crippen molar-refractivity contribution in [1.29, 1.82) is 0 Å². The zero-order valence-corrected chi connectivity index (χ0v) is 15.4. The molecular weight excluding hydrogens is 374 g/mol. The molecule has 0 aliphatic rings. The molecule has 9 heteroatoms. The van der Waals surface area contributed by atoms with Crippen LogP contribution in [0.4, 0.5) is 0 Å². The maximum atomic E-state index is 5.99. The van der Waals surface area contributed by atoms with E-state index >= 15 is 0 Å². The third-order valence-electron chi connectivity index (χ3n) is 3.61. The highest BCUT2D eigenvalue weighted by molar-refractivity contribution is 7.98. The van der Waals surface area contributed by atoms with Gasteiger partial charge in [0.15, 0.2) is 11.0 Å². The fourth-order valence-electron chi connectivity index (χ4n) is 2.43.